The molecule has 3 aromatic rings. The van der Waals surface area contributed by atoms with E-state index in [1.165, 1.54) is 16.5 Å². The largest absolute Gasteiger partial charge is 0.391 e. The molecule has 0 radical (unpaired) electrons. The lowest BCUT2D eigenvalue weighted by atomic mass is 9.94. The zero-order valence-electron chi connectivity index (χ0n) is 12.4. The quantitative estimate of drug-likeness (QED) is 0.712. The molecule has 1 aliphatic carbocycles. The summed E-state index contributed by atoms with van der Waals surface area (Å²) in [6, 6.07) is 18.6. The summed E-state index contributed by atoms with van der Waals surface area (Å²) in [5.41, 5.74) is 5.89. The lowest BCUT2D eigenvalue weighted by molar-refractivity contribution is 0.130. The van der Waals surface area contributed by atoms with Crippen LogP contribution in [0.5, 0.6) is 0 Å². The van der Waals surface area contributed by atoms with Gasteiger partial charge in [0.15, 0.2) is 0 Å². The summed E-state index contributed by atoms with van der Waals surface area (Å²) in [5, 5.41) is 5.71. The van der Waals surface area contributed by atoms with Crippen molar-refractivity contribution >= 4 is 16.6 Å². The van der Waals surface area contributed by atoms with Gasteiger partial charge in [-0.15, -0.1) is 0 Å². The number of H-pyrrole nitrogens is 1. The van der Waals surface area contributed by atoms with Gasteiger partial charge in [-0.05, 0) is 36.5 Å². The molecule has 1 heterocycles. The van der Waals surface area contributed by atoms with Crippen molar-refractivity contribution in [2.75, 3.05) is 0 Å². The Balaban J connectivity index is 1.60. The van der Waals surface area contributed by atoms with Gasteiger partial charge in [-0.25, -0.2) is 0 Å². The molecule has 1 aliphatic rings. The Morgan fingerprint density at radius 1 is 0.955 bits per heavy atom. The molecule has 0 amide bonds. The van der Waals surface area contributed by atoms with E-state index in [-0.39, 0.29) is 0 Å². The molecule has 1 aromatic heterocycles. The third kappa shape index (κ3) is 2.39. The lowest BCUT2D eigenvalue weighted by Crippen LogP contribution is -2.11. The SMILES string of the molecule is c1ccc(CON=C2CCCc3c2[nH]c2ccccc32)cc1. The average molecular weight is 290 g/mol. The Morgan fingerprint density at radius 3 is 2.68 bits per heavy atom. The van der Waals surface area contributed by atoms with Crippen LogP contribution in [0, 0.1) is 0 Å². The third-order valence-corrected chi connectivity index (χ3v) is 4.19. The Bertz CT molecular complexity index is 818. The van der Waals surface area contributed by atoms with Gasteiger partial charge in [-0.3, -0.25) is 0 Å². The number of nitrogens with one attached hydrogen (secondary N) is 1. The molecular weight excluding hydrogens is 272 g/mol. The summed E-state index contributed by atoms with van der Waals surface area (Å²) in [4.78, 5) is 9.08. The molecule has 0 spiro atoms. The zero-order valence-corrected chi connectivity index (χ0v) is 12.4. The summed E-state index contributed by atoms with van der Waals surface area (Å²) < 4.78 is 0. The van der Waals surface area contributed by atoms with E-state index in [4.69, 9.17) is 4.84 Å². The van der Waals surface area contributed by atoms with Crippen molar-refractivity contribution in [2.45, 2.75) is 25.9 Å². The highest BCUT2D eigenvalue weighted by molar-refractivity contribution is 6.06. The van der Waals surface area contributed by atoms with Crippen molar-refractivity contribution in [1.82, 2.24) is 4.98 Å². The normalized spacial score (nSPS) is 15.9. The first-order chi connectivity index (χ1) is 10.9. The molecule has 3 nitrogen and oxygen atoms in total. The van der Waals surface area contributed by atoms with Gasteiger partial charge in [0, 0.05) is 10.9 Å². The highest BCUT2D eigenvalue weighted by atomic mass is 16.6. The van der Waals surface area contributed by atoms with Crippen LogP contribution in [0.25, 0.3) is 10.9 Å². The van der Waals surface area contributed by atoms with Crippen molar-refractivity contribution in [3.63, 3.8) is 0 Å². The first-order valence-electron chi connectivity index (χ1n) is 7.74. The highest BCUT2D eigenvalue weighted by Crippen LogP contribution is 2.29. The number of aromatic nitrogens is 1. The molecule has 2 aromatic carbocycles. The van der Waals surface area contributed by atoms with Crippen LogP contribution in [0.4, 0.5) is 0 Å². The van der Waals surface area contributed by atoms with E-state index in [9.17, 15) is 0 Å². The molecule has 0 bridgehead atoms. The Kier molecular flexibility index (Phi) is 3.39. The minimum Gasteiger partial charge on any atom is -0.391 e. The standard InChI is InChI=1S/C19H18N2O/c1-2-7-14(8-3-1)13-22-21-18-12-6-10-16-15-9-4-5-11-17(15)20-19(16)18/h1-5,7-9,11,20H,6,10,12-13H2. The van der Waals surface area contributed by atoms with Crippen molar-refractivity contribution in [3.05, 3.63) is 71.4 Å². The number of aryl methyl sites for hydroxylation is 1. The first-order valence-corrected chi connectivity index (χ1v) is 7.74. The van der Waals surface area contributed by atoms with E-state index in [1.54, 1.807) is 0 Å². The van der Waals surface area contributed by atoms with Gasteiger partial charge < -0.3 is 9.82 Å². The Morgan fingerprint density at radius 2 is 1.77 bits per heavy atom. The first kappa shape index (κ1) is 13.1. The second-order valence-electron chi connectivity index (χ2n) is 5.67. The molecular formula is C19H18N2O. The second kappa shape index (κ2) is 5.68. The number of hydrogen-bond donors (Lipinski definition) is 1. The van der Waals surface area contributed by atoms with E-state index < -0.39 is 0 Å². The summed E-state index contributed by atoms with van der Waals surface area (Å²) in [5.74, 6) is 0. The molecule has 0 saturated carbocycles. The molecule has 0 saturated heterocycles. The smallest absolute Gasteiger partial charge is 0.142 e. The molecule has 0 unspecified atom stereocenters. The molecule has 22 heavy (non-hydrogen) atoms. The average Bonchev–Trinajstić information content (AvgIpc) is 2.96. The molecule has 3 heteroatoms. The second-order valence-corrected chi connectivity index (χ2v) is 5.67. The summed E-state index contributed by atoms with van der Waals surface area (Å²) in [6.07, 6.45) is 3.20. The van der Waals surface area contributed by atoms with Gasteiger partial charge in [0.05, 0.1) is 5.69 Å². The number of oxime groups is 1. The highest BCUT2D eigenvalue weighted by Gasteiger charge is 2.20. The van der Waals surface area contributed by atoms with Crippen LogP contribution in [0.1, 0.15) is 29.7 Å². The number of rotatable bonds is 3. The van der Waals surface area contributed by atoms with E-state index in [2.05, 4.69) is 46.5 Å². The van der Waals surface area contributed by atoms with Crippen LogP contribution in [0.2, 0.25) is 0 Å². The number of nitrogens with zero attached hydrogens (tertiary/aromatic N) is 1. The van der Waals surface area contributed by atoms with Crippen LogP contribution < -0.4 is 0 Å². The van der Waals surface area contributed by atoms with Crippen LogP contribution in [0.15, 0.2) is 59.8 Å². The van der Waals surface area contributed by atoms with Gasteiger partial charge in [-0.2, -0.15) is 0 Å². The van der Waals surface area contributed by atoms with E-state index in [1.807, 2.05) is 18.2 Å². The van der Waals surface area contributed by atoms with Crippen molar-refractivity contribution in [1.29, 1.82) is 0 Å². The van der Waals surface area contributed by atoms with Gasteiger partial charge >= 0.3 is 0 Å². The molecule has 4 rings (SSSR count). The van der Waals surface area contributed by atoms with E-state index in [0.29, 0.717) is 6.61 Å². The van der Waals surface area contributed by atoms with Gasteiger partial charge in [-0.1, -0.05) is 53.7 Å². The van der Waals surface area contributed by atoms with Crippen molar-refractivity contribution in [3.8, 4) is 0 Å². The number of aromatic amines is 1. The fourth-order valence-electron chi connectivity index (χ4n) is 3.11. The van der Waals surface area contributed by atoms with E-state index in [0.717, 1.165) is 36.2 Å². The minimum atomic E-state index is 0.514. The summed E-state index contributed by atoms with van der Waals surface area (Å²) >= 11 is 0. The maximum atomic E-state index is 5.58. The maximum absolute atomic E-state index is 5.58. The molecule has 0 fully saturated rings. The predicted molar refractivity (Wildman–Crippen MR) is 89.0 cm³/mol. The van der Waals surface area contributed by atoms with Crippen LogP contribution >= 0.6 is 0 Å². The monoisotopic (exact) mass is 290 g/mol. The lowest BCUT2D eigenvalue weighted by Gasteiger charge is -2.13. The topological polar surface area (TPSA) is 37.4 Å². The minimum absolute atomic E-state index is 0.514. The van der Waals surface area contributed by atoms with Crippen LogP contribution in [-0.2, 0) is 17.9 Å². The van der Waals surface area contributed by atoms with Crippen molar-refractivity contribution in [2.24, 2.45) is 5.16 Å². The number of para-hydroxylation sites is 1. The maximum Gasteiger partial charge on any atom is 0.142 e. The van der Waals surface area contributed by atoms with Crippen LogP contribution in [-0.4, -0.2) is 10.7 Å². The fraction of sp³-hybridized carbons (Fsp3) is 0.211. The predicted octanol–water partition coefficient (Wildman–Crippen LogP) is 4.43. The Hall–Kier alpha value is -2.55. The number of benzene rings is 2. The Labute approximate surface area is 129 Å². The summed E-state index contributed by atoms with van der Waals surface area (Å²) in [6.45, 7) is 0.514. The van der Waals surface area contributed by atoms with Crippen molar-refractivity contribution < 1.29 is 4.84 Å². The van der Waals surface area contributed by atoms with Crippen LogP contribution in [0.3, 0.4) is 0 Å². The summed E-state index contributed by atoms with van der Waals surface area (Å²) in [7, 11) is 0. The van der Waals surface area contributed by atoms with E-state index >= 15 is 0 Å². The molecule has 0 atom stereocenters. The molecule has 0 aliphatic heterocycles. The number of hydrogen-bond acceptors (Lipinski definition) is 2. The van der Waals surface area contributed by atoms with Gasteiger partial charge in [0.1, 0.15) is 12.3 Å². The molecule has 110 valence electrons. The fourth-order valence-corrected chi connectivity index (χ4v) is 3.11. The molecule has 1 N–H and O–H groups in total. The van der Waals surface area contributed by atoms with Gasteiger partial charge in [0.25, 0.3) is 0 Å². The van der Waals surface area contributed by atoms with Gasteiger partial charge in [0.2, 0.25) is 0 Å². The third-order valence-electron chi connectivity index (χ3n) is 4.19. The number of fused-ring (bicyclic) bond motifs is 3. The zero-order chi connectivity index (χ0) is 14.8.